The van der Waals surface area contributed by atoms with Crippen molar-refractivity contribution in [3.8, 4) is 6.07 Å². The fraction of sp³-hybridized carbons (Fsp3) is 0.735. The maximum absolute atomic E-state index is 14.2. The minimum Gasteiger partial charge on any atom is -0.348 e. The van der Waals surface area contributed by atoms with Crippen LogP contribution >= 0.6 is 0 Å². The molecule has 6 aliphatic carbocycles. The predicted molar refractivity (Wildman–Crippen MR) is 220 cm³/mol. The van der Waals surface area contributed by atoms with Crippen LogP contribution in [0.4, 0.5) is 0 Å². The van der Waals surface area contributed by atoms with Crippen molar-refractivity contribution in [2.75, 3.05) is 0 Å². The molecule has 6 aliphatic rings. The van der Waals surface area contributed by atoms with Crippen molar-refractivity contribution in [2.24, 2.45) is 61.6 Å². The Morgan fingerprint density at radius 1 is 1.02 bits per heavy atom. The van der Waals surface area contributed by atoms with Crippen molar-refractivity contribution < 1.29 is 9.59 Å². The Balaban J connectivity index is 1.19. The van der Waals surface area contributed by atoms with Gasteiger partial charge in [-0.25, -0.2) is 9.97 Å². The number of nitriles is 1. The monoisotopic (exact) mass is 747 g/mol. The van der Waals surface area contributed by atoms with Crippen molar-refractivity contribution >= 4 is 11.7 Å². The number of hydrogen-bond acceptors (Lipinski definition) is 5. The Bertz CT molecular complexity index is 1840. The molecule has 0 aliphatic heterocycles. The zero-order valence-corrected chi connectivity index (χ0v) is 35.8. The maximum Gasteiger partial charge on any atom is 0.220 e. The van der Waals surface area contributed by atoms with Crippen LogP contribution in [0.25, 0.3) is 0 Å². The fourth-order valence-corrected chi connectivity index (χ4v) is 15.2. The molecule has 5 saturated carbocycles. The lowest BCUT2D eigenvalue weighted by atomic mass is 9.28. The molecule has 6 heteroatoms. The molecule has 0 bridgehead atoms. The lowest BCUT2D eigenvalue weighted by Gasteiger charge is -2.75. The van der Waals surface area contributed by atoms with E-state index in [1.807, 2.05) is 13.0 Å². The average Bonchev–Trinajstić information content (AvgIpc) is 3.58. The molecule has 0 spiro atoms. The second-order valence-corrected chi connectivity index (χ2v) is 21.3. The third kappa shape index (κ3) is 5.81. The number of aromatic nitrogens is 2. The van der Waals surface area contributed by atoms with E-state index < -0.39 is 5.41 Å². The molecule has 7 rings (SSSR count). The first kappa shape index (κ1) is 40.1. The molecule has 0 saturated heterocycles. The van der Waals surface area contributed by atoms with Gasteiger partial charge in [-0.05, 0) is 153 Å². The summed E-state index contributed by atoms with van der Waals surface area (Å²) in [4.78, 5) is 36.1. The van der Waals surface area contributed by atoms with E-state index in [0.29, 0.717) is 31.1 Å². The standard InChI is InChI=1S/C49H70N4O2/c1-12-48-20-13-35(25-32(4)26-44(9)27-33(44)5)43(7,8)38(48)15-21-49(29-50)39-14-18-47(19-16-40(55)53-34(6)36-17-24-51-30-52-36)28-37(54)41(31(2)3)42(47)45(39,10)22-23-46(48,49)11/h17,24,30-31,34-35,38-39H,4-5,12-16,18-23,25-28H2,1-3,6-11H3,(H,53,55)/t34?,35?,38?,39?,44?,45?,46-,47?,48?,49?/m1/s1. The molecule has 9 unspecified atom stereocenters. The minimum atomic E-state index is -0.461. The number of ketones is 1. The van der Waals surface area contributed by atoms with Crippen molar-refractivity contribution in [1.82, 2.24) is 15.3 Å². The van der Waals surface area contributed by atoms with Crippen LogP contribution < -0.4 is 5.32 Å². The van der Waals surface area contributed by atoms with Gasteiger partial charge in [0.1, 0.15) is 6.33 Å². The molecule has 298 valence electrons. The highest BCUT2D eigenvalue weighted by molar-refractivity contribution is 6.01. The molecule has 0 radical (unpaired) electrons. The first-order chi connectivity index (χ1) is 25.8. The third-order valence-electron chi connectivity index (χ3n) is 18.2. The average molecular weight is 747 g/mol. The molecule has 0 aromatic carbocycles. The van der Waals surface area contributed by atoms with Crippen molar-refractivity contribution in [3.63, 3.8) is 0 Å². The van der Waals surface area contributed by atoms with Gasteiger partial charge in [-0.3, -0.25) is 9.59 Å². The zero-order chi connectivity index (χ0) is 40.0. The quantitative estimate of drug-likeness (QED) is 0.227. The highest BCUT2D eigenvalue weighted by Crippen LogP contribution is 2.81. The van der Waals surface area contributed by atoms with Crippen LogP contribution in [0, 0.1) is 72.9 Å². The summed E-state index contributed by atoms with van der Waals surface area (Å²) >= 11 is 0. The Kier molecular flexibility index (Phi) is 9.86. The highest BCUT2D eigenvalue weighted by atomic mass is 16.1. The van der Waals surface area contributed by atoms with Crippen LogP contribution in [0.15, 0.2) is 54.0 Å². The van der Waals surface area contributed by atoms with Gasteiger partial charge in [0, 0.05) is 24.5 Å². The topological polar surface area (TPSA) is 95.7 Å². The van der Waals surface area contributed by atoms with Gasteiger partial charge < -0.3 is 5.32 Å². The number of Topliss-reactive ketones (excluding diaryl/α,β-unsaturated/α-hetero) is 1. The van der Waals surface area contributed by atoms with Gasteiger partial charge >= 0.3 is 0 Å². The summed E-state index contributed by atoms with van der Waals surface area (Å²) in [7, 11) is 0. The maximum atomic E-state index is 14.2. The molecular formula is C49H70N4O2. The van der Waals surface area contributed by atoms with E-state index in [0.717, 1.165) is 75.5 Å². The first-order valence-corrected chi connectivity index (χ1v) is 21.9. The first-order valence-electron chi connectivity index (χ1n) is 21.9. The molecular weight excluding hydrogens is 677 g/mol. The summed E-state index contributed by atoms with van der Waals surface area (Å²) in [6.45, 7) is 30.2. The summed E-state index contributed by atoms with van der Waals surface area (Å²) in [5.41, 5.74) is 5.28. The van der Waals surface area contributed by atoms with Crippen LogP contribution in [-0.4, -0.2) is 21.7 Å². The normalized spacial score (nSPS) is 40.7. The van der Waals surface area contributed by atoms with Gasteiger partial charge in [0.2, 0.25) is 5.91 Å². The van der Waals surface area contributed by atoms with Crippen molar-refractivity contribution in [3.05, 3.63) is 59.7 Å². The van der Waals surface area contributed by atoms with Gasteiger partial charge in [0.05, 0.1) is 23.2 Å². The lowest BCUT2D eigenvalue weighted by molar-refractivity contribution is -0.251. The molecule has 5 fully saturated rings. The summed E-state index contributed by atoms with van der Waals surface area (Å²) < 4.78 is 0. The number of amides is 1. The Morgan fingerprint density at radius 3 is 2.35 bits per heavy atom. The number of carbonyl (C=O) groups excluding carboxylic acids is 2. The molecule has 1 amide bonds. The van der Waals surface area contributed by atoms with Crippen LogP contribution in [-0.2, 0) is 9.59 Å². The SMILES string of the molecule is C=C(CC1CCC2(CC)C(CCC3(C#N)C4CCC5(CCC(=O)NC(C)c6ccncn6)CC(=O)C(C(C)C)=C5C4(C)CC[C@@]32C)C1(C)C)CC1(C)CC1=C. The van der Waals surface area contributed by atoms with Crippen molar-refractivity contribution in [1.29, 1.82) is 5.26 Å². The Morgan fingerprint density at radius 2 is 1.73 bits per heavy atom. The van der Waals surface area contributed by atoms with Gasteiger partial charge in [-0.15, -0.1) is 0 Å². The molecule has 1 aromatic rings. The Hall–Kier alpha value is -3.07. The fourth-order valence-electron chi connectivity index (χ4n) is 15.2. The van der Waals surface area contributed by atoms with E-state index in [2.05, 4.69) is 89.9 Å². The van der Waals surface area contributed by atoms with Crippen molar-refractivity contribution in [2.45, 2.75) is 165 Å². The number of fused-ring (bicyclic) bond motifs is 7. The highest BCUT2D eigenvalue weighted by Gasteiger charge is 2.75. The van der Waals surface area contributed by atoms with Gasteiger partial charge in [0.25, 0.3) is 0 Å². The molecule has 10 atom stereocenters. The number of allylic oxidation sites excluding steroid dienone is 4. The summed E-state index contributed by atoms with van der Waals surface area (Å²) in [6.07, 6.45) is 17.5. The second-order valence-electron chi connectivity index (χ2n) is 21.3. The third-order valence-corrected chi connectivity index (χ3v) is 18.2. The summed E-state index contributed by atoms with van der Waals surface area (Å²) in [5, 5.41) is 15.0. The van der Waals surface area contributed by atoms with Crippen LogP contribution in [0.2, 0.25) is 0 Å². The number of rotatable bonds is 11. The largest absolute Gasteiger partial charge is 0.348 e. The molecule has 1 heterocycles. The molecule has 6 nitrogen and oxygen atoms in total. The Labute approximate surface area is 332 Å². The summed E-state index contributed by atoms with van der Waals surface area (Å²) in [6, 6.07) is 4.84. The van der Waals surface area contributed by atoms with E-state index in [-0.39, 0.29) is 62.1 Å². The van der Waals surface area contributed by atoms with Gasteiger partial charge in [-0.1, -0.05) is 85.3 Å². The van der Waals surface area contributed by atoms with Crippen LogP contribution in [0.1, 0.15) is 170 Å². The van der Waals surface area contributed by atoms with E-state index >= 15 is 0 Å². The van der Waals surface area contributed by atoms with Gasteiger partial charge in [0.15, 0.2) is 5.78 Å². The van der Waals surface area contributed by atoms with E-state index in [1.165, 1.54) is 35.9 Å². The number of nitrogens with zero attached hydrogens (tertiary/aromatic N) is 3. The molecule has 1 aromatic heterocycles. The predicted octanol–water partition coefficient (Wildman–Crippen LogP) is 11.6. The molecule has 1 N–H and O–H groups in total. The van der Waals surface area contributed by atoms with Gasteiger partial charge in [-0.2, -0.15) is 5.26 Å². The number of hydrogen-bond donors (Lipinski definition) is 1. The van der Waals surface area contributed by atoms with Crippen LogP contribution in [0.5, 0.6) is 0 Å². The van der Waals surface area contributed by atoms with E-state index in [9.17, 15) is 14.9 Å². The van der Waals surface area contributed by atoms with Crippen LogP contribution in [0.3, 0.4) is 0 Å². The molecule has 55 heavy (non-hydrogen) atoms. The van der Waals surface area contributed by atoms with E-state index in [4.69, 9.17) is 0 Å². The van der Waals surface area contributed by atoms with E-state index in [1.54, 1.807) is 6.20 Å². The lowest BCUT2D eigenvalue weighted by Crippen LogP contribution is -2.69. The zero-order valence-electron chi connectivity index (χ0n) is 35.8. The minimum absolute atomic E-state index is 0.000489. The number of carbonyl (C=O) groups is 2. The smallest absolute Gasteiger partial charge is 0.220 e. The summed E-state index contributed by atoms with van der Waals surface area (Å²) in [5.74, 6) is 1.74. The number of nitrogens with one attached hydrogen (secondary N) is 1. The second kappa shape index (κ2) is 13.5.